The number of carbonyl (C=O) groups is 1. The highest BCUT2D eigenvalue weighted by atomic mass is 16.4. The van der Waals surface area contributed by atoms with E-state index in [9.17, 15) is 4.79 Å². The van der Waals surface area contributed by atoms with Gasteiger partial charge in [0.15, 0.2) is 0 Å². The molecule has 0 aromatic heterocycles. The van der Waals surface area contributed by atoms with Crippen LogP contribution in [0.2, 0.25) is 0 Å². The van der Waals surface area contributed by atoms with Crippen LogP contribution in [-0.2, 0) is 11.3 Å². The van der Waals surface area contributed by atoms with Crippen LogP contribution in [0, 0.1) is 13.8 Å². The van der Waals surface area contributed by atoms with Crippen LogP contribution >= 0.6 is 0 Å². The average molecular weight is 235 g/mol. The summed E-state index contributed by atoms with van der Waals surface area (Å²) in [6.07, 6.45) is 0.207. The summed E-state index contributed by atoms with van der Waals surface area (Å²) in [4.78, 5) is 12.7. The fourth-order valence-corrected chi connectivity index (χ4v) is 1.87. The Labute approximate surface area is 103 Å². The largest absolute Gasteiger partial charge is 0.481 e. The van der Waals surface area contributed by atoms with Gasteiger partial charge in [-0.15, -0.1) is 0 Å². The maximum Gasteiger partial charge on any atom is 0.304 e. The molecule has 0 saturated carbocycles. The lowest BCUT2D eigenvalue weighted by molar-refractivity contribution is -0.137. The zero-order valence-corrected chi connectivity index (χ0v) is 10.9. The third kappa shape index (κ3) is 4.57. The van der Waals surface area contributed by atoms with Gasteiger partial charge >= 0.3 is 5.97 Å². The Kier molecular flexibility index (Phi) is 5.16. The van der Waals surface area contributed by atoms with Crippen LogP contribution in [0.4, 0.5) is 0 Å². The highest BCUT2D eigenvalue weighted by molar-refractivity contribution is 5.66. The standard InChI is InChI=1S/C14H21NO2/c1-4-15(8-7-14(16)17)10-13-6-5-11(2)9-12(13)3/h5-6,9H,4,7-8,10H2,1-3H3,(H,16,17). The van der Waals surface area contributed by atoms with Crippen LogP contribution in [0.3, 0.4) is 0 Å². The molecule has 0 heterocycles. The molecule has 94 valence electrons. The van der Waals surface area contributed by atoms with Gasteiger partial charge in [0.2, 0.25) is 0 Å². The van der Waals surface area contributed by atoms with Crippen LogP contribution in [0.15, 0.2) is 18.2 Å². The molecule has 0 bridgehead atoms. The van der Waals surface area contributed by atoms with Gasteiger partial charge in [-0.3, -0.25) is 9.69 Å². The monoisotopic (exact) mass is 235 g/mol. The number of aliphatic carboxylic acids is 1. The maximum absolute atomic E-state index is 10.6. The number of carboxylic acids is 1. The number of aryl methyl sites for hydroxylation is 2. The summed E-state index contributed by atoms with van der Waals surface area (Å²) < 4.78 is 0. The smallest absolute Gasteiger partial charge is 0.304 e. The van der Waals surface area contributed by atoms with Crippen molar-refractivity contribution >= 4 is 5.97 Å². The lowest BCUT2D eigenvalue weighted by Gasteiger charge is -2.20. The normalized spacial score (nSPS) is 10.8. The Hall–Kier alpha value is -1.35. The van der Waals surface area contributed by atoms with E-state index in [1.54, 1.807) is 0 Å². The lowest BCUT2D eigenvalue weighted by atomic mass is 10.1. The second-order valence-electron chi connectivity index (χ2n) is 4.44. The second kappa shape index (κ2) is 6.40. The van der Waals surface area contributed by atoms with Crippen LogP contribution < -0.4 is 0 Å². The second-order valence-corrected chi connectivity index (χ2v) is 4.44. The zero-order chi connectivity index (χ0) is 12.8. The molecular formula is C14H21NO2. The Bertz CT molecular complexity index is 388. The van der Waals surface area contributed by atoms with Crippen LogP contribution in [0.1, 0.15) is 30.0 Å². The first-order valence-corrected chi connectivity index (χ1v) is 6.03. The first-order valence-electron chi connectivity index (χ1n) is 6.03. The molecule has 0 atom stereocenters. The Morgan fingerprint density at radius 2 is 2.06 bits per heavy atom. The van der Waals surface area contributed by atoms with E-state index in [-0.39, 0.29) is 6.42 Å². The minimum absolute atomic E-state index is 0.207. The van der Waals surface area contributed by atoms with E-state index in [2.05, 4.69) is 43.9 Å². The fraction of sp³-hybridized carbons (Fsp3) is 0.500. The van der Waals surface area contributed by atoms with Crippen molar-refractivity contribution in [1.29, 1.82) is 0 Å². The quantitative estimate of drug-likeness (QED) is 0.824. The summed E-state index contributed by atoms with van der Waals surface area (Å²) in [5, 5.41) is 8.69. The van der Waals surface area contributed by atoms with Crippen molar-refractivity contribution < 1.29 is 9.90 Å². The van der Waals surface area contributed by atoms with E-state index in [0.717, 1.165) is 13.1 Å². The number of nitrogens with zero attached hydrogens (tertiary/aromatic N) is 1. The topological polar surface area (TPSA) is 40.5 Å². The molecule has 1 aromatic carbocycles. The molecular weight excluding hydrogens is 214 g/mol. The van der Waals surface area contributed by atoms with Crippen LogP contribution in [-0.4, -0.2) is 29.1 Å². The SMILES string of the molecule is CCN(CCC(=O)O)Cc1ccc(C)cc1C. The predicted molar refractivity (Wildman–Crippen MR) is 69.1 cm³/mol. The molecule has 0 spiro atoms. The minimum Gasteiger partial charge on any atom is -0.481 e. The number of rotatable bonds is 6. The van der Waals surface area contributed by atoms with Gasteiger partial charge in [-0.05, 0) is 31.5 Å². The van der Waals surface area contributed by atoms with Crippen LogP contribution in [0.5, 0.6) is 0 Å². The summed E-state index contributed by atoms with van der Waals surface area (Å²) in [6.45, 7) is 8.56. The lowest BCUT2D eigenvalue weighted by Crippen LogP contribution is -2.26. The molecule has 0 amide bonds. The molecule has 0 aliphatic carbocycles. The van der Waals surface area contributed by atoms with Crippen LogP contribution in [0.25, 0.3) is 0 Å². The highest BCUT2D eigenvalue weighted by Gasteiger charge is 2.07. The first-order chi connectivity index (χ1) is 8.02. The highest BCUT2D eigenvalue weighted by Crippen LogP contribution is 2.13. The summed E-state index contributed by atoms with van der Waals surface area (Å²) in [6, 6.07) is 6.40. The van der Waals surface area contributed by atoms with Crippen molar-refractivity contribution in [3.05, 3.63) is 34.9 Å². The Balaban J connectivity index is 2.63. The average Bonchev–Trinajstić information content (AvgIpc) is 2.26. The van der Waals surface area contributed by atoms with Crippen molar-refractivity contribution in [2.24, 2.45) is 0 Å². The third-order valence-electron chi connectivity index (χ3n) is 2.98. The molecule has 0 radical (unpaired) electrons. The summed E-state index contributed by atoms with van der Waals surface area (Å²) >= 11 is 0. The molecule has 3 heteroatoms. The number of carboxylic acid groups (broad SMARTS) is 1. The van der Waals surface area contributed by atoms with Crippen molar-refractivity contribution in [2.45, 2.75) is 33.7 Å². The summed E-state index contributed by atoms with van der Waals surface area (Å²) in [7, 11) is 0. The van der Waals surface area contributed by atoms with Crippen molar-refractivity contribution in [3.63, 3.8) is 0 Å². The molecule has 1 aromatic rings. The number of hydrogen-bond donors (Lipinski definition) is 1. The Morgan fingerprint density at radius 1 is 1.35 bits per heavy atom. The van der Waals surface area contributed by atoms with E-state index in [1.807, 2.05) is 0 Å². The van der Waals surface area contributed by atoms with Crippen molar-refractivity contribution in [3.8, 4) is 0 Å². The fourth-order valence-electron chi connectivity index (χ4n) is 1.87. The van der Waals surface area contributed by atoms with E-state index < -0.39 is 5.97 Å². The van der Waals surface area contributed by atoms with E-state index in [4.69, 9.17) is 5.11 Å². The minimum atomic E-state index is -0.732. The molecule has 0 aliphatic rings. The predicted octanol–water partition coefficient (Wildman–Crippen LogP) is 2.60. The Morgan fingerprint density at radius 3 is 2.59 bits per heavy atom. The van der Waals surface area contributed by atoms with E-state index >= 15 is 0 Å². The molecule has 0 saturated heterocycles. The first kappa shape index (κ1) is 13.7. The number of benzene rings is 1. The molecule has 17 heavy (non-hydrogen) atoms. The molecule has 3 nitrogen and oxygen atoms in total. The maximum atomic E-state index is 10.6. The zero-order valence-electron chi connectivity index (χ0n) is 10.9. The number of hydrogen-bond acceptors (Lipinski definition) is 2. The van der Waals surface area contributed by atoms with Gasteiger partial charge in [-0.1, -0.05) is 30.7 Å². The molecule has 1 N–H and O–H groups in total. The van der Waals surface area contributed by atoms with Gasteiger partial charge in [0, 0.05) is 13.1 Å². The molecule has 1 rings (SSSR count). The van der Waals surface area contributed by atoms with Crippen molar-refractivity contribution in [2.75, 3.05) is 13.1 Å². The van der Waals surface area contributed by atoms with Gasteiger partial charge in [-0.2, -0.15) is 0 Å². The van der Waals surface area contributed by atoms with E-state index in [0.29, 0.717) is 6.54 Å². The summed E-state index contributed by atoms with van der Waals surface area (Å²) in [5.41, 5.74) is 3.82. The van der Waals surface area contributed by atoms with Gasteiger partial charge in [-0.25, -0.2) is 0 Å². The van der Waals surface area contributed by atoms with Gasteiger partial charge in [0.25, 0.3) is 0 Å². The van der Waals surface area contributed by atoms with Gasteiger partial charge in [0.1, 0.15) is 0 Å². The summed E-state index contributed by atoms with van der Waals surface area (Å²) in [5.74, 6) is -0.732. The third-order valence-corrected chi connectivity index (χ3v) is 2.98. The molecule has 0 fully saturated rings. The van der Waals surface area contributed by atoms with Gasteiger partial charge < -0.3 is 5.11 Å². The van der Waals surface area contributed by atoms with Gasteiger partial charge in [0.05, 0.1) is 6.42 Å². The molecule has 0 unspecified atom stereocenters. The van der Waals surface area contributed by atoms with E-state index in [1.165, 1.54) is 16.7 Å². The molecule has 0 aliphatic heterocycles. The van der Waals surface area contributed by atoms with Crippen molar-refractivity contribution in [1.82, 2.24) is 4.90 Å².